The zero-order valence-corrected chi connectivity index (χ0v) is 16.3. The number of ether oxygens (including phenoxy) is 1. The molecule has 144 valence electrons. The minimum Gasteiger partial charge on any atom is -0.497 e. The number of hydrogen-bond donors (Lipinski definition) is 1. The van der Waals surface area contributed by atoms with Gasteiger partial charge in [0, 0.05) is 38.4 Å². The van der Waals surface area contributed by atoms with Crippen LogP contribution >= 0.6 is 0 Å². The van der Waals surface area contributed by atoms with E-state index in [1.807, 2.05) is 18.2 Å². The van der Waals surface area contributed by atoms with Gasteiger partial charge in [-0.1, -0.05) is 13.8 Å². The van der Waals surface area contributed by atoms with Gasteiger partial charge in [0.1, 0.15) is 11.4 Å². The molecule has 3 rings (SSSR count). The highest BCUT2D eigenvalue weighted by atomic mass is 16.5. The van der Waals surface area contributed by atoms with Crippen molar-refractivity contribution in [3.63, 3.8) is 0 Å². The summed E-state index contributed by atoms with van der Waals surface area (Å²) in [6, 6.07) is 12.0. The van der Waals surface area contributed by atoms with Crippen molar-refractivity contribution in [2.24, 2.45) is 5.92 Å². The summed E-state index contributed by atoms with van der Waals surface area (Å²) in [6.07, 6.45) is 1.80. The molecule has 0 spiro atoms. The molecule has 2 heterocycles. The molecule has 1 N–H and O–H groups in total. The maximum atomic E-state index is 12.1. The maximum absolute atomic E-state index is 12.1. The Morgan fingerprint density at radius 3 is 2.15 bits per heavy atom. The summed E-state index contributed by atoms with van der Waals surface area (Å²) in [5.41, 5.74) is 2.74. The smallest absolute Gasteiger partial charge is 0.269 e. The lowest BCUT2D eigenvalue weighted by Gasteiger charge is -2.37. The molecule has 1 aliphatic heterocycles. The minimum atomic E-state index is -0.112. The molecule has 1 aromatic carbocycles. The molecule has 1 saturated heterocycles. The Balaban J connectivity index is 1.55. The standard InChI is InChI=1S/C21H28N4O2/c1-16(2)14-23-21(26)20-9-6-18(15-22-20)25-12-10-24(11-13-25)17-4-7-19(27-3)8-5-17/h4-9,15-16H,10-14H2,1-3H3,(H,23,26). The van der Waals surface area contributed by atoms with Crippen molar-refractivity contribution in [3.05, 3.63) is 48.3 Å². The molecule has 1 aliphatic rings. The maximum Gasteiger partial charge on any atom is 0.269 e. The molecule has 0 unspecified atom stereocenters. The van der Waals surface area contributed by atoms with E-state index in [1.54, 1.807) is 19.4 Å². The van der Waals surface area contributed by atoms with Crippen molar-refractivity contribution in [2.75, 3.05) is 49.6 Å². The second-order valence-corrected chi connectivity index (χ2v) is 7.18. The van der Waals surface area contributed by atoms with Crippen LogP contribution in [0.1, 0.15) is 24.3 Å². The van der Waals surface area contributed by atoms with Crippen LogP contribution < -0.4 is 19.9 Å². The van der Waals surface area contributed by atoms with E-state index in [9.17, 15) is 4.79 Å². The van der Waals surface area contributed by atoms with Gasteiger partial charge in [0.25, 0.3) is 5.91 Å². The van der Waals surface area contributed by atoms with Crippen LogP contribution in [0, 0.1) is 5.92 Å². The molecule has 0 radical (unpaired) electrons. The zero-order chi connectivity index (χ0) is 19.2. The molecule has 6 heteroatoms. The van der Waals surface area contributed by atoms with Crippen LogP contribution in [0.3, 0.4) is 0 Å². The first-order valence-corrected chi connectivity index (χ1v) is 9.45. The van der Waals surface area contributed by atoms with Crippen molar-refractivity contribution >= 4 is 17.3 Å². The van der Waals surface area contributed by atoms with Crippen LogP contribution in [-0.4, -0.2) is 50.7 Å². The Labute approximate surface area is 161 Å². The predicted octanol–water partition coefficient (Wildman–Crippen LogP) is 2.80. The Bertz CT molecular complexity index is 736. The second-order valence-electron chi connectivity index (χ2n) is 7.18. The quantitative estimate of drug-likeness (QED) is 0.850. The third-order valence-corrected chi connectivity index (χ3v) is 4.73. The molecule has 6 nitrogen and oxygen atoms in total. The third kappa shape index (κ3) is 4.90. The third-order valence-electron chi connectivity index (χ3n) is 4.73. The van der Waals surface area contributed by atoms with E-state index in [2.05, 4.69) is 46.1 Å². The van der Waals surface area contributed by atoms with Gasteiger partial charge in [-0.05, 0) is 42.3 Å². The van der Waals surface area contributed by atoms with Gasteiger partial charge < -0.3 is 19.9 Å². The number of hydrogen-bond acceptors (Lipinski definition) is 5. The molecule has 1 aromatic heterocycles. The van der Waals surface area contributed by atoms with Crippen LogP contribution in [0.4, 0.5) is 11.4 Å². The number of amides is 1. The number of aromatic nitrogens is 1. The fraction of sp³-hybridized carbons (Fsp3) is 0.429. The lowest BCUT2D eigenvalue weighted by molar-refractivity contribution is 0.0944. The van der Waals surface area contributed by atoms with Gasteiger partial charge in [-0.25, -0.2) is 4.98 Å². The Morgan fingerprint density at radius 1 is 1.04 bits per heavy atom. The highest BCUT2D eigenvalue weighted by Gasteiger charge is 2.18. The number of anilines is 2. The summed E-state index contributed by atoms with van der Waals surface area (Å²) in [4.78, 5) is 21.1. The summed E-state index contributed by atoms with van der Waals surface area (Å²) in [5.74, 6) is 1.19. The number of nitrogens with zero attached hydrogens (tertiary/aromatic N) is 3. The van der Waals surface area contributed by atoms with Gasteiger partial charge in [0.2, 0.25) is 0 Å². The number of pyridine rings is 1. The molecule has 1 amide bonds. The Hall–Kier alpha value is -2.76. The van der Waals surface area contributed by atoms with Crippen molar-refractivity contribution in [1.29, 1.82) is 0 Å². The summed E-state index contributed by atoms with van der Waals surface area (Å²) >= 11 is 0. The SMILES string of the molecule is COc1ccc(N2CCN(c3ccc(C(=O)NCC(C)C)nc3)CC2)cc1. The Kier molecular flexibility index (Phi) is 6.16. The van der Waals surface area contributed by atoms with Gasteiger partial charge >= 0.3 is 0 Å². The summed E-state index contributed by atoms with van der Waals surface area (Å²) in [6.45, 7) is 8.55. The summed E-state index contributed by atoms with van der Waals surface area (Å²) < 4.78 is 5.22. The van der Waals surface area contributed by atoms with E-state index >= 15 is 0 Å². The second kappa shape index (κ2) is 8.75. The van der Waals surface area contributed by atoms with Crippen LogP contribution in [-0.2, 0) is 0 Å². The number of benzene rings is 1. The molecular weight excluding hydrogens is 340 g/mol. The van der Waals surface area contributed by atoms with Crippen molar-refractivity contribution in [1.82, 2.24) is 10.3 Å². The molecule has 27 heavy (non-hydrogen) atoms. The Morgan fingerprint density at radius 2 is 1.63 bits per heavy atom. The lowest BCUT2D eigenvalue weighted by atomic mass is 10.2. The van der Waals surface area contributed by atoms with E-state index in [0.717, 1.165) is 37.6 Å². The van der Waals surface area contributed by atoms with Gasteiger partial charge in [-0.15, -0.1) is 0 Å². The monoisotopic (exact) mass is 368 g/mol. The largest absolute Gasteiger partial charge is 0.497 e. The first-order valence-electron chi connectivity index (χ1n) is 9.45. The van der Waals surface area contributed by atoms with Crippen LogP contribution in [0.5, 0.6) is 5.75 Å². The molecule has 2 aromatic rings. The van der Waals surface area contributed by atoms with E-state index in [0.29, 0.717) is 18.2 Å². The molecule has 0 atom stereocenters. The summed E-state index contributed by atoms with van der Waals surface area (Å²) in [5, 5.41) is 2.90. The number of carbonyl (C=O) groups is 1. The molecule has 0 aliphatic carbocycles. The topological polar surface area (TPSA) is 57.7 Å². The van der Waals surface area contributed by atoms with Crippen LogP contribution in [0.2, 0.25) is 0 Å². The molecular formula is C21H28N4O2. The zero-order valence-electron chi connectivity index (χ0n) is 16.3. The number of carbonyl (C=O) groups excluding carboxylic acids is 1. The van der Waals surface area contributed by atoms with Crippen LogP contribution in [0.25, 0.3) is 0 Å². The van der Waals surface area contributed by atoms with Crippen molar-refractivity contribution in [3.8, 4) is 5.75 Å². The van der Waals surface area contributed by atoms with E-state index in [1.165, 1.54) is 5.69 Å². The van der Waals surface area contributed by atoms with Gasteiger partial charge in [-0.2, -0.15) is 0 Å². The fourth-order valence-corrected chi connectivity index (χ4v) is 3.11. The van der Waals surface area contributed by atoms with Gasteiger partial charge in [0.05, 0.1) is 19.0 Å². The van der Waals surface area contributed by atoms with Crippen molar-refractivity contribution in [2.45, 2.75) is 13.8 Å². The highest BCUT2D eigenvalue weighted by molar-refractivity contribution is 5.92. The number of methoxy groups -OCH3 is 1. The molecule has 1 fully saturated rings. The fourth-order valence-electron chi connectivity index (χ4n) is 3.11. The first kappa shape index (κ1) is 19.0. The minimum absolute atomic E-state index is 0.112. The van der Waals surface area contributed by atoms with Gasteiger partial charge in [0.15, 0.2) is 0 Å². The summed E-state index contributed by atoms with van der Waals surface area (Å²) in [7, 11) is 1.68. The number of rotatable bonds is 6. The predicted molar refractivity (Wildman–Crippen MR) is 109 cm³/mol. The van der Waals surface area contributed by atoms with E-state index < -0.39 is 0 Å². The molecule has 0 bridgehead atoms. The number of nitrogens with one attached hydrogen (secondary N) is 1. The first-order chi connectivity index (χ1) is 13.1. The molecule has 0 saturated carbocycles. The number of piperazine rings is 1. The lowest BCUT2D eigenvalue weighted by Crippen LogP contribution is -2.46. The van der Waals surface area contributed by atoms with Gasteiger partial charge in [-0.3, -0.25) is 4.79 Å². The normalized spacial score (nSPS) is 14.4. The highest BCUT2D eigenvalue weighted by Crippen LogP contribution is 2.22. The van der Waals surface area contributed by atoms with Crippen molar-refractivity contribution < 1.29 is 9.53 Å². The average Bonchev–Trinajstić information content (AvgIpc) is 2.72. The average molecular weight is 368 g/mol. The van der Waals surface area contributed by atoms with Crippen LogP contribution in [0.15, 0.2) is 42.6 Å². The van der Waals surface area contributed by atoms with E-state index in [4.69, 9.17) is 4.74 Å². The van der Waals surface area contributed by atoms with E-state index in [-0.39, 0.29) is 5.91 Å².